The molecule has 1 aliphatic heterocycles. The second kappa shape index (κ2) is 10.5. The van der Waals surface area contributed by atoms with Gasteiger partial charge in [-0.15, -0.1) is 10.2 Å². The molecule has 0 N–H and O–H groups in total. The summed E-state index contributed by atoms with van der Waals surface area (Å²) in [6.45, 7) is 1.92. The van der Waals surface area contributed by atoms with Crippen LogP contribution in [-0.4, -0.2) is 42.5 Å². The number of benzene rings is 2. The van der Waals surface area contributed by atoms with Crippen LogP contribution in [0.5, 0.6) is 0 Å². The summed E-state index contributed by atoms with van der Waals surface area (Å²) >= 11 is 0. The Hall–Kier alpha value is -4.53. The third-order valence-electron chi connectivity index (χ3n) is 8.76. The van der Waals surface area contributed by atoms with Gasteiger partial charge in [-0.25, -0.2) is 4.98 Å². The fraction of sp³-hybridized carbons (Fsp3) is 0.344. The molecule has 1 saturated carbocycles. The van der Waals surface area contributed by atoms with Crippen LogP contribution in [0.3, 0.4) is 0 Å². The van der Waals surface area contributed by atoms with Gasteiger partial charge in [0.05, 0.1) is 0 Å². The summed E-state index contributed by atoms with van der Waals surface area (Å²) in [5.41, 5.74) is 4.37. The van der Waals surface area contributed by atoms with E-state index in [-0.39, 0.29) is 30.3 Å². The zero-order chi connectivity index (χ0) is 27.9. The average Bonchev–Trinajstić information content (AvgIpc) is 3.65. The molecule has 3 heterocycles. The molecule has 2 aromatic carbocycles. The number of amides is 2. The minimum absolute atomic E-state index is 0.0447. The van der Waals surface area contributed by atoms with E-state index in [9.17, 15) is 9.59 Å². The van der Waals surface area contributed by atoms with E-state index in [4.69, 9.17) is 4.42 Å². The van der Waals surface area contributed by atoms with Crippen LogP contribution in [0.1, 0.15) is 67.4 Å². The Morgan fingerprint density at radius 1 is 1.07 bits per heavy atom. The summed E-state index contributed by atoms with van der Waals surface area (Å²) < 4.78 is 7.29. The topological polar surface area (TPSA) is 97.4 Å². The monoisotopic (exact) mass is 548 g/mol. The van der Waals surface area contributed by atoms with Gasteiger partial charge in [0.15, 0.2) is 0 Å². The number of carbonyl (C=O) groups excluding carboxylic acids is 2. The third kappa shape index (κ3) is 4.45. The highest BCUT2D eigenvalue weighted by atomic mass is 16.4. The van der Waals surface area contributed by atoms with E-state index < -0.39 is 6.04 Å². The second-order valence-electron chi connectivity index (χ2n) is 11.1. The molecule has 7 rings (SSSR count). The van der Waals surface area contributed by atoms with E-state index in [0.717, 1.165) is 54.8 Å². The molecule has 0 radical (unpaired) electrons. The number of aryl methyl sites for hydroxylation is 1. The highest BCUT2D eigenvalue weighted by Crippen LogP contribution is 2.49. The molecule has 0 bridgehead atoms. The molecule has 208 valence electrons. The fourth-order valence-electron chi connectivity index (χ4n) is 6.66. The largest absolute Gasteiger partial charge is 0.423 e. The highest BCUT2D eigenvalue weighted by molar-refractivity contribution is 6.02. The summed E-state index contributed by atoms with van der Waals surface area (Å²) in [5, 5.41) is 7.89. The summed E-state index contributed by atoms with van der Waals surface area (Å²) in [5.74, 6) is 0.993. The van der Waals surface area contributed by atoms with Gasteiger partial charge in [-0.2, -0.15) is 0 Å². The maximum atomic E-state index is 14.9. The number of hydrogen-bond donors (Lipinski definition) is 0. The van der Waals surface area contributed by atoms with Gasteiger partial charge >= 0.3 is 0 Å². The Morgan fingerprint density at radius 3 is 2.61 bits per heavy atom. The number of allylic oxidation sites excluding steroid dienone is 2. The van der Waals surface area contributed by atoms with E-state index >= 15 is 0 Å². The zero-order valence-electron chi connectivity index (χ0n) is 23.0. The fourth-order valence-corrected chi connectivity index (χ4v) is 6.66. The van der Waals surface area contributed by atoms with Crippen molar-refractivity contribution in [3.8, 4) is 11.5 Å². The van der Waals surface area contributed by atoms with Crippen molar-refractivity contribution in [1.29, 1.82) is 0 Å². The van der Waals surface area contributed by atoms with Gasteiger partial charge in [0.2, 0.25) is 18.2 Å². The van der Waals surface area contributed by atoms with Crippen molar-refractivity contribution in [2.24, 2.45) is 0 Å². The predicted molar refractivity (Wildman–Crippen MR) is 153 cm³/mol. The van der Waals surface area contributed by atoms with Crippen LogP contribution < -0.4 is 4.90 Å². The molecule has 2 aromatic heterocycles. The first-order valence-electron chi connectivity index (χ1n) is 14.4. The van der Waals surface area contributed by atoms with Gasteiger partial charge < -0.3 is 13.9 Å². The standard InChI is InChI=1S/C32H32N6O3/c1-21-33-16-17-36(21)19-29(39)38(24-11-7-8-22(18-24)31-35-34-20-41-31)30-27-13-6-5-12-25(27)26-14-15-28(26)37(32(30)40)23-9-3-2-4-10-23/h5-8,11-13,15-18,20,23,26,30H,2-4,9-10,14,19H2,1H3. The highest BCUT2D eigenvalue weighted by Gasteiger charge is 2.47. The molecular weight excluding hydrogens is 516 g/mol. The van der Waals surface area contributed by atoms with Crippen molar-refractivity contribution in [2.75, 3.05) is 4.90 Å². The van der Waals surface area contributed by atoms with Crippen molar-refractivity contribution in [3.05, 3.63) is 96.0 Å². The number of aromatic nitrogens is 4. The molecule has 41 heavy (non-hydrogen) atoms. The average molecular weight is 549 g/mol. The van der Waals surface area contributed by atoms with Crippen molar-refractivity contribution in [1.82, 2.24) is 24.6 Å². The lowest BCUT2D eigenvalue weighted by Gasteiger charge is -2.42. The molecule has 2 aliphatic carbocycles. The van der Waals surface area contributed by atoms with Crippen LogP contribution in [0.2, 0.25) is 0 Å². The third-order valence-corrected chi connectivity index (χ3v) is 8.76. The van der Waals surface area contributed by atoms with E-state index in [1.807, 2.05) is 54.0 Å². The molecule has 2 atom stereocenters. The maximum absolute atomic E-state index is 14.9. The number of imidazole rings is 1. The first-order valence-corrected chi connectivity index (χ1v) is 14.4. The molecule has 3 aliphatic rings. The van der Waals surface area contributed by atoms with Gasteiger partial charge in [-0.1, -0.05) is 55.7 Å². The van der Waals surface area contributed by atoms with Crippen LogP contribution in [0.15, 0.2) is 83.5 Å². The van der Waals surface area contributed by atoms with E-state index in [1.165, 1.54) is 12.8 Å². The summed E-state index contributed by atoms with van der Waals surface area (Å²) in [6.07, 6.45) is 13.2. The molecular formula is C32H32N6O3. The minimum atomic E-state index is -0.825. The van der Waals surface area contributed by atoms with E-state index in [2.05, 4.69) is 32.2 Å². The quantitative estimate of drug-likeness (QED) is 0.313. The molecule has 0 spiro atoms. The first-order chi connectivity index (χ1) is 20.1. The second-order valence-corrected chi connectivity index (χ2v) is 11.1. The van der Waals surface area contributed by atoms with Crippen LogP contribution in [0, 0.1) is 6.92 Å². The number of rotatable bonds is 6. The van der Waals surface area contributed by atoms with Crippen LogP contribution >= 0.6 is 0 Å². The lowest BCUT2D eigenvalue weighted by atomic mass is 9.80. The predicted octanol–water partition coefficient (Wildman–Crippen LogP) is 5.56. The number of fused-ring (bicyclic) bond motifs is 3. The Labute approximate surface area is 238 Å². The zero-order valence-corrected chi connectivity index (χ0v) is 23.0. The summed E-state index contributed by atoms with van der Waals surface area (Å²) in [6, 6.07) is 14.9. The molecule has 4 aromatic rings. The first kappa shape index (κ1) is 25.4. The Bertz CT molecular complexity index is 1620. The smallest absolute Gasteiger partial charge is 0.254 e. The molecule has 9 heteroatoms. The number of carbonyl (C=O) groups is 2. The summed E-state index contributed by atoms with van der Waals surface area (Å²) in [4.78, 5) is 37.4. The van der Waals surface area contributed by atoms with E-state index in [1.54, 1.807) is 17.3 Å². The van der Waals surface area contributed by atoms with Gasteiger partial charge in [-0.3, -0.25) is 14.5 Å². The Balaban J connectivity index is 1.39. The van der Waals surface area contributed by atoms with Crippen LogP contribution in [0.4, 0.5) is 5.69 Å². The number of anilines is 1. The van der Waals surface area contributed by atoms with Gasteiger partial charge in [0.1, 0.15) is 18.4 Å². The van der Waals surface area contributed by atoms with Gasteiger partial charge in [0, 0.05) is 41.3 Å². The summed E-state index contributed by atoms with van der Waals surface area (Å²) in [7, 11) is 0. The van der Waals surface area contributed by atoms with Crippen molar-refractivity contribution < 1.29 is 14.0 Å². The SMILES string of the molecule is Cc1nccn1CC(=O)N(c1cccc(-c2nnco2)c1)C1C(=O)N(C2CCCCC2)C2=CCC2c2ccccc21. The molecule has 0 saturated heterocycles. The lowest BCUT2D eigenvalue weighted by Crippen LogP contribution is -2.49. The van der Waals surface area contributed by atoms with Gasteiger partial charge in [-0.05, 0) is 55.5 Å². The van der Waals surface area contributed by atoms with Crippen molar-refractivity contribution >= 4 is 17.5 Å². The Morgan fingerprint density at radius 2 is 1.90 bits per heavy atom. The molecule has 9 nitrogen and oxygen atoms in total. The number of hydrogen-bond acceptors (Lipinski definition) is 6. The molecule has 1 fully saturated rings. The Kier molecular flexibility index (Phi) is 6.49. The van der Waals surface area contributed by atoms with E-state index in [0.29, 0.717) is 17.1 Å². The van der Waals surface area contributed by atoms with Crippen molar-refractivity contribution in [2.45, 2.75) is 70.0 Å². The van der Waals surface area contributed by atoms with Crippen LogP contribution in [0.25, 0.3) is 11.5 Å². The minimum Gasteiger partial charge on any atom is -0.423 e. The normalized spacial score (nSPS) is 20.5. The van der Waals surface area contributed by atoms with Crippen LogP contribution in [-0.2, 0) is 16.1 Å². The van der Waals surface area contributed by atoms with Crippen molar-refractivity contribution in [3.63, 3.8) is 0 Å². The molecule has 2 amide bonds. The molecule has 2 unspecified atom stereocenters. The van der Waals surface area contributed by atoms with Gasteiger partial charge in [0.25, 0.3) is 5.91 Å². The number of nitrogens with zero attached hydrogens (tertiary/aromatic N) is 6. The maximum Gasteiger partial charge on any atom is 0.254 e. The lowest BCUT2D eigenvalue weighted by molar-refractivity contribution is -0.135.